The Morgan fingerprint density at radius 1 is 0.950 bits per heavy atom. The molecule has 0 aromatic heterocycles. The highest BCUT2D eigenvalue weighted by molar-refractivity contribution is 6.44. The van der Waals surface area contributed by atoms with Gasteiger partial charge in [-0.05, 0) is 24.0 Å². The molecular weight excluding hydrogens is 256 g/mol. The van der Waals surface area contributed by atoms with Crippen molar-refractivity contribution in [2.45, 2.75) is 33.2 Å². The van der Waals surface area contributed by atoms with Crippen LogP contribution in [0.4, 0.5) is 4.79 Å². The van der Waals surface area contributed by atoms with Crippen LogP contribution in [0.1, 0.15) is 37.8 Å². The van der Waals surface area contributed by atoms with Crippen LogP contribution in [0, 0.1) is 0 Å². The highest BCUT2D eigenvalue weighted by Crippen LogP contribution is 2.18. The van der Waals surface area contributed by atoms with Crippen molar-refractivity contribution in [2.75, 3.05) is 6.54 Å². The Morgan fingerprint density at radius 2 is 1.50 bits per heavy atom. The third-order valence-corrected chi connectivity index (χ3v) is 3.44. The van der Waals surface area contributed by atoms with Gasteiger partial charge in [0.1, 0.15) is 0 Å². The fourth-order valence-electron chi connectivity index (χ4n) is 2.16. The van der Waals surface area contributed by atoms with Crippen molar-refractivity contribution in [2.24, 2.45) is 0 Å². The summed E-state index contributed by atoms with van der Waals surface area (Å²) in [5.41, 5.74) is 2.03. The number of hydrogen-bond donors (Lipinski definition) is 0. The molecule has 0 N–H and O–H groups in total. The van der Waals surface area contributed by atoms with E-state index in [-0.39, 0.29) is 13.1 Å². The molecule has 20 heavy (non-hydrogen) atoms. The molecule has 0 unspecified atom stereocenters. The van der Waals surface area contributed by atoms with Crippen LogP contribution in [0.15, 0.2) is 24.3 Å². The molecule has 1 heterocycles. The molecule has 0 spiro atoms. The van der Waals surface area contributed by atoms with E-state index in [1.165, 1.54) is 5.56 Å². The average molecular weight is 274 g/mol. The molecule has 1 aliphatic heterocycles. The van der Waals surface area contributed by atoms with Crippen LogP contribution >= 0.6 is 0 Å². The number of benzene rings is 1. The molecule has 0 bridgehead atoms. The lowest BCUT2D eigenvalue weighted by Gasteiger charge is -2.14. The molecular formula is C15H18N2O3. The highest BCUT2D eigenvalue weighted by Gasteiger charge is 2.43. The molecule has 0 saturated carbocycles. The van der Waals surface area contributed by atoms with Crippen molar-refractivity contribution >= 4 is 17.8 Å². The number of imide groups is 2. The topological polar surface area (TPSA) is 57.7 Å². The summed E-state index contributed by atoms with van der Waals surface area (Å²) in [6.45, 7) is 6.22. The molecule has 1 aromatic carbocycles. The maximum Gasteiger partial charge on any atom is 0.334 e. The second kappa shape index (κ2) is 5.45. The van der Waals surface area contributed by atoms with E-state index in [0.717, 1.165) is 15.4 Å². The predicted molar refractivity (Wildman–Crippen MR) is 73.9 cm³/mol. The number of carbonyl (C=O) groups is 3. The number of nitrogens with zero attached hydrogens (tertiary/aromatic N) is 2. The Hall–Kier alpha value is -2.17. The van der Waals surface area contributed by atoms with Crippen molar-refractivity contribution in [1.82, 2.24) is 9.80 Å². The van der Waals surface area contributed by atoms with Gasteiger partial charge in [-0.25, -0.2) is 4.79 Å². The quantitative estimate of drug-likeness (QED) is 0.624. The molecule has 106 valence electrons. The molecule has 5 heteroatoms. The van der Waals surface area contributed by atoms with Gasteiger partial charge in [-0.15, -0.1) is 0 Å². The van der Waals surface area contributed by atoms with Crippen molar-refractivity contribution in [1.29, 1.82) is 0 Å². The second-order valence-corrected chi connectivity index (χ2v) is 5.12. The fourth-order valence-corrected chi connectivity index (χ4v) is 2.16. The van der Waals surface area contributed by atoms with Gasteiger partial charge in [0.2, 0.25) is 0 Å². The van der Waals surface area contributed by atoms with Gasteiger partial charge < -0.3 is 0 Å². The molecule has 1 aliphatic rings. The first-order valence-electron chi connectivity index (χ1n) is 6.71. The molecule has 0 aliphatic carbocycles. The summed E-state index contributed by atoms with van der Waals surface area (Å²) in [4.78, 5) is 37.3. The minimum atomic E-state index is -0.746. The molecule has 2 rings (SSSR count). The molecule has 0 radical (unpaired) electrons. The van der Waals surface area contributed by atoms with Crippen LogP contribution in [0.5, 0.6) is 0 Å². The number of rotatable bonds is 4. The summed E-state index contributed by atoms with van der Waals surface area (Å²) in [6.07, 6.45) is 0. The Kier molecular flexibility index (Phi) is 3.88. The zero-order valence-electron chi connectivity index (χ0n) is 11.9. The van der Waals surface area contributed by atoms with E-state index >= 15 is 0 Å². The van der Waals surface area contributed by atoms with Crippen molar-refractivity contribution < 1.29 is 14.4 Å². The minimum absolute atomic E-state index is 0.137. The highest BCUT2D eigenvalue weighted by atomic mass is 16.2. The predicted octanol–water partition coefficient (Wildman–Crippen LogP) is 2.12. The Balaban J connectivity index is 2.16. The van der Waals surface area contributed by atoms with Gasteiger partial charge in [-0.1, -0.05) is 38.1 Å². The van der Waals surface area contributed by atoms with Gasteiger partial charge in [0.05, 0.1) is 6.54 Å². The summed E-state index contributed by atoms with van der Waals surface area (Å²) in [5, 5.41) is 0. The Morgan fingerprint density at radius 3 is 1.95 bits per heavy atom. The normalized spacial score (nSPS) is 15.7. The van der Waals surface area contributed by atoms with Crippen LogP contribution in [-0.2, 0) is 16.1 Å². The van der Waals surface area contributed by atoms with Crippen molar-refractivity contribution in [3.8, 4) is 0 Å². The van der Waals surface area contributed by atoms with Crippen molar-refractivity contribution in [3.63, 3.8) is 0 Å². The van der Waals surface area contributed by atoms with Gasteiger partial charge >= 0.3 is 17.8 Å². The van der Waals surface area contributed by atoms with Crippen LogP contribution in [-0.4, -0.2) is 34.2 Å². The minimum Gasteiger partial charge on any atom is -0.263 e. The van der Waals surface area contributed by atoms with Crippen LogP contribution in [0.25, 0.3) is 0 Å². The van der Waals surface area contributed by atoms with E-state index in [9.17, 15) is 14.4 Å². The third kappa shape index (κ3) is 2.43. The number of carbonyl (C=O) groups excluding carboxylic acids is 3. The average Bonchev–Trinajstić information content (AvgIpc) is 2.63. The largest absolute Gasteiger partial charge is 0.334 e. The lowest BCUT2D eigenvalue weighted by molar-refractivity contribution is -0.143. The Bertz CT molecular complexity index is 549. The molecule has 4 amide bonds. The number of likely N-dealkylation sites (N-methyl/N-ethyl adjacent to an activating group) is 1. The first kappa shape index (κ1) is 14.2. The van der Waals surface area contributed by atoms with E-state index < -0.39 is 17.8 Å². The van der Waals surface area contributed by atoms with Crippen LogP contribution in [0.2, 0.25) is 0 Å². The summed E-state index contributed by atoms with van der Waals surface area (Å²) in [6, 6.07) is 7.19. The van der Waals surface area contributed by atoms with Gasteiger partial charge in [-0.3, -0.25) is 19.4 Å². The number of urea groups is 1. The van der Waals surface area contributed by atoms with E-state index in [1.54, 1.807) is 6.92 Å². The molecule has 1 aromatic rings. The number of hydrogen-bond acceptors (Lipinski definition) is 3. The second-order valence-electron chi connectivity index (χ2n) is 5.12. The third-order valence-electron chi connectivity index (χ3n) is 3.44. The van der Waals surface area contributed by atoms with Gasteiger partial charge in [-0.2, -0.15) is 0 Å². The SMILES string of the molecule is CCN1C(=O)C(=O)N(Cc2ccc(C(C)C)cc2)C1=O. The Labute approximate surface area is 118 Å². The zero-order valence-corrected chi connectivity index (χ0v) is 11.9. The molecule has 1 fully saturated rings. The van der Waals surface area contributed by atoms with Crippen LogP contribution in [0.3, 0.4) is 0 Å². The lowest BCUT2D eigenvalue weighted by atomic mass is 10.0. The van der Waals surface area contributed by atoms with E-state index in [4.69, 9.17) is 0 Å². The van der Waals surface area contributed by atoms with Crippen LogP contribution < -0.4 is 0 Å². The summed E-state index contributed by atoms with van der Waals surface area (Å²) < 4.78 is 0. The van der Waals surface area contributed by atoms with Gasteiger partial charge in [0.25, 0.3) is 0 Å². The molecule has 5 nitrogen and oxygen atoms in total. The lowest BCUT2D eigenvalue weighted by Crippen LogP contribution is -2.32. The van der Waals surface area contributed by atoms with E-state index in [1.807, 2.05) is 24.3 Å². The maximum atomic E-state index is 11.9. The van der Waals surface area contributed by atoms with Crippen molar-refractivity contribution in [3.05, 3.63) is 35.4 Å². The zero-order chi connectivity index (χ0) is 14.9. The number of amides is 4. The molecule has 0 atom stereocenters. The molecule has 1 saturated heterocycles. The summed E-state index contributed by atoms with van der Waals surface area (Å²) in [7, 11) is 0. The monoisotopic (exact) mass is 274 g/mol. The smallest absolute Gasteiger partial charge is 0.263 e. The van der Waals surface area contributed by atoms with Gasteiger partial charge in [0.15, 0.2) is 0 Å². The first-order valence-corrected chi connectivity index (χ1v) is 6.71. The van der Waals surface area contributed by atoms with E-state index in [0.29, 0.717) is 5.92 Å². The summed E-state index contributed by atoms with van der Waals surface area (Å²) in [5.74, 6) is -1.06. The maximum absolute atomic E-state index is 11.9. The fraction of sp³-hybridized carbons (Fsp3) is 0.400. The van der Waals surface area contributed by atoms with E-state index in [2.05, 4.69) is 13.8 Å². The first-order chi connectivity index (χ1) is 9.45. The summed E-state index contributed by atoms with van der Waals surface area (Å²) >= 11 is 0. The van der Waals surface area contributed by atoms with Gasteiger partial charge in [0, 0.05) is 6.54 Å². The standard InChI is InChI=1S/C15H18N2O3/c1-4-16-13(18)14(19)17(15(16)20)9-11-5-7-12(8-6-11)10(2)3/h5-8,10H,4,9H2,1-3H3.